The van der Waals surface area contributed by atoms with E-state index >= 15 is 0 Å². The normalized spacial score (nSPS) is 16.3. The van der Waals surface area contributed by atoms with Crippen molar-refractivity contribution >= 4 is 40.4 Å². The number of rotatable bonds is 5. The molecule has 1 aliphatic heterocycles. The Morgan fingerprint density at radius 2 is 1.66 bits per heavy atom. The third kappa shape index (κ3) is 4.06. The second-order valence-electron chi connectivity index (χ2n) is 7.26. The third-order valence-electron chi connectivity index (χ3n) is 5.39. The van der Waals surface area contributed by atoms with Crippen molar-refractivity contribution in [2.24, 2.45) is 0 Å². The van der Waals surface area contributed by atoms with E-state index in [9.17, 15) is 9.18 Å². The lowest BCUT2D eigenvalue weighted by Crippen LogP contribution is -2.35. The van der Waals surface area contributed by atoms with Crippen LogP contribution in [0.4, 0.5) is 10.1 Å². The monoisotopic (exact) mass is 471 g/mol. The summed E-state index contributed by atoms with van der Waals surface area (Å²) in [6, 6.07) is 18.5. The van der Waals surface area contributed by atoms with Crippen LogP contribution in [-0.4, -0.2) is 20.0 Å². The van der Waals surface area contributed by atoms with Crippen LogP contribution in [0.25, 0.3) is 5.70 Å². The van der Waals surface area contributed by atoms with E-state index in [1.54, 1.807) is 31.4 Å². The zero-order chi connectivity index (χ0) is 22.8. The van der Waals surface area contributed by atoms with Crippen molar-refractivity contribution in [2.45, 2.75) is 12.5 Å². The van der Waals surface area contributed by atoms with Crippen LogP contribution in [0.1, 0.15) is 23.6 Å². The average Bonchev–Trinajstić information content (AvgIpc) is 2.82. The van der Waals surface area contributed by atoms with Crippen LogP contribution in [0.3, 0.4) is 0 Å². The largest absolute Gasteiger partial charge is 0.497 e. The quantitative estimate of drug-likeness (QED) is 0.418. The molecule has 4 rings (SSSR count). The molecule has 32 heavy (non-hydrogen) atoms. The molecule has 0 saturated heterocycles. The van der Waals surface area contributed by atoms with Gasteiger partial charge in [-0.3, -0.25) is 4.79 Å². The molecule has 0 bridgehead atoms. The molecule has 7 heteroatoms. The number of hydrogen-bond acceptors (Lipinski definition) is 4. The SMILES string of the molecule is COc1cc(OC)c(Cl)c(N2C(c3ccc(F)cc3)=C(Cl)C(=O)CC2c2ccccc2)c1. The first kappa shape index (κ1) is 22.2. The van der Waals surface area contributed by atoms with Crippen LogP contribution >= 0.6 is 23.2 Å². The first-order valence-corrected chi connectivity index (χ1v) is 10.6. The molecule has 1 heterocycles. The molecule has 164 valence electrons. The molecule has 1 aliphatic rings. The van der Waals surface area contributed by atoms with Crippen molar-refractivity contribution < 1.29 is 18.7 Å². The Labute approximate surface area is 195 Å². The van der Waals surface area contributed by atoms with Gasteiger partial charge in [0.15, 0.2) is 5.78 Å². The van der Waals surface area contributed by atoms with E-state index in [1.807, 2.05) is 35.2 Å². The number of benzene rings is 3. The summed E-state index contributed by atoms with van der Waals surface area (Å²) in [6.07, 6.45) is 0.142. The predicted octanol–water partition coefficient (Wildman–Crippen LogP) is 6.62. The molecule has 0 aromatic heterocycles. The average molecular weight is 472 g/mol. The highest BCUT2D eigenvalue weighted by Gasteiger charge is 2.37. The highest BCUT2D eigenvalue weighted by molar-refractivity contribution is 6.47. The zero-order valence-corrected chi connectivity index (χ0v) is 19.0. The Bertz CT molecular complexity index is 1180. The second-order valence-corrected chi connectivity index (χ2v) is 8.01. The lowest BCUT2D eigenvalue weighted by atomic mass is 9.92. The van der Waals surface area contributed by atoms with Crippen LogP contribution in [0.5, 0.6) is 11.5 Å². The Morgan fingerprint density at radius 3 is 2.28 bits per heavy atom. The van der Waals surface area contributed by atoms with E-state index in [2.05, 4.69) is 0 Å². The van der Waals surface area contributed by atoms with Crippen LogP contribution in [0.15, 0.2) is 71.8 Å². The summed E-state index contributed by atoms with van der Waals surface area (Å²) in [4.78, 5) is 14.9. The topological polar surface area (TPSA) is 38.8 Å². The van der Waals surface area contributed by atoms with Gasteiger partial charge in [-0.15, -0.1) is 0 Å². The maximum Gasteiger partial charge on any atom is 0.178 e. The van der Waals surface area contributed by atoms with Gasteiger partial charge in [-0.25, -0.2) is 4.39 Å². The van der Waals surface area contributed by atoms with Crippen molar-refractivity contribution in [1.29, 1.82) is 0 Å². The summed E-state index contributed by atoms with van der Waals surface area (Å²) in [5.74, 6) is 0.348. The minimum Gasteiger partial charge on any atom is -0.497 e. The molecule has 0 saturated carbocycles. The molecule has 0 fully saturated rings. The van der Waals surface area contributed by atoms with E-state index in [1.165, 1.54) is 19.2 Å². The lowest BCUT2D eigenvalue weighted by molar-refractivity contribution is -0.115. The Hall–Kier alpha value is -3.02. The molecular formula is C25H20Cl2FNO3. The van der Waals surface area contributed by atoms with Crippen molar-refractivity contribution in [3.8, 4) is 11.5 Å². The summed E-state index contributed by atoms with van der Waals surface area (Å²) in [5.41, 5.74) is 2.49. The predicted molar refractivity (Wildman–Crippen MR) is 125 cm³/mol. The van der Waals surface area contributed by atoms with Gasteiger partial charge in [0.1, 0.15) is 27.4 Å². The minimum absolute atomic E-state index is 0.0571. The Morgan fingerprint density at radius 1 is 0.969 bits per heavy atom. The fourth-order valence-corrected chi connectivity index (χ4v) is 4.41. The van der Waals surface area contributed by atoms with Crippen LogP contribution in [0.2, 0.25) is 5.02 Å². The molecule has 0 radical (unpaired) electrons. The number of allylic oxidation sites excluding steroid dienone is 1. The Kier molecular flexibility index (Phi) is 6.40. The maximum atomic E-state index is 13.7. The number of ketones is 1. The number of hydrogen-bond donors (Lipinski definition) is 0. The highest BCUT2D eigenvalue weighted by atomic mass is 35.5. The highest BCUT2D eigenvalue weighted by Crippen LogP contribution is 2.49. The standard InChI is InChI=1S/C25H20Cl2FNO3/c1-31-18-12-20(23(26)22(13-18)32-2)29-19(15-6-4-3-5-7-15)14-21(30)24(27)25(29)16-8-10-17(28)11-9-16/h3-13,19H,14H2,1-2H3. The number of carbonyl (C=O) groups is 1. The van der Waals surface area contributed by atoms with Crippen molar-refractivity contribution in [2.75, 3.05) is 19.1 Å². The van der Waals surface area contributed by atoms with E-state index in [-0.39, 0.29) is 23.1 Å². The molecule has 3 aromatic carbocycles. The molecular weight excluding hydrogens is 452 g/mol. The third-order valence-corrected chi connectivity index (χ3v) is 6.16. The van der Waals surface area contributed by atoms with Gasteiger partial charge >= 0.3 is 0 Å². The molecule has 4 nitrogen and oxygen atoms in total. The summed E-state index contributed by atoms with van der Waals surface area (Å²) in [5, 5.41) is 0.398. The van der Waals surface area contributed by atoms with Crippen LogP contribution in [0, 0.1) is 5.82 Å². The first-order valence-electron chi connectivity index (χ1n) is 9.89. The number of anilines is 1. The molecule has 1 atom stereocenters. The maximum absolute atomic E-state index is 13.7. The number of carbonyl (C=O) groups excluding carboxylic acids is 1. The molecule has 0 spiro atoms. The summed E-state index contributed by atoms with van der Waals surface area (Å²) in [6.45, 7) is 0. The second kappa shape index (κ2) is 9.23. The lowest BCUT2D eigenvalue weighted by Gasteiger charge is -2.40. The van der Waals surface area contributed by atoms with Gasteiger partial charge in [-0.1, -0.05) is 53.5 Å². The minimum atomic E-state index is -0.402. The molecule has 0 amide bonds. The van der Waals surface area contributed by atoms with Gasteiger partial charge in [0.2, 0.25) is 0 Å². The molecule has 0 N–H and O–H groups in total. The number of halogens is 3. The smallest absolute Gasteiger partial charge is 0.178 e. The van der Waals surface area contributed by atoms with Crippen molar-refractivity contribution in [1.82, 2.24) is 0 Å². The fourth-order valence-electron chi connectivity index (χ4n) is 3.85. The Balaban J connectivity index is 2.02. The van der Waals surface area contributed by atoms with Gasteiger partial charge in [0.25, 0.3) is 0 Å². The number of Topliss-reactive ketones (excluding diaryl/α,β-unsaturated/α-hetero) is 1. The summed E-state index contributed by atoms with van der Waals surface area (Å²) in [7, 11) is 3.06. The van der Waals surface area contributed by atoms with Gasteiger partial charge < -0.3 is 14.4 Å². The summed E-state index contributed by atoms with van der Waals surface area (Å²) >= 11 is 13.3. The van der Waals surface area contributed by atoms with E-state index in [0.717, 1.165) is 5.56 Å². The van der Waals surface area contributed by atoms with E-state index in [4.69, 9.17) is 32.7 Å². The molecule has 1 unspecified atom stereocenters. The first-order chi connectivity index (χ1) is 15.4. The van der Waals surface area contributed by atoms with Gasteiger partial charge in [0, 0.05) is 24.1 Å². The van der Waals surface area contributed by atoms with Crippen molar-refractivity contribution in [3.05, 3.63) is 93.7 Å². The number of ether oxygens (including phenoxy) is 2. The van der Waals surface area contributed by atoms with E-state index in [0.29, 0.717) is 33.5 Å². The fraction of sp³-hybridized carbons (Fsp3) is 0.160. The molecule has 0 aliphatic carbocycles. The van der Waals surface area contributed by atoms with Gasteiger partial charge in [0.05, 0.1) is 31.6 Å². The number of methoxy groups -OCH3 is 2. The van der Waals surface area contributed by atoms with Crippen molar-refractivity contribution in [3.63, 3.8) is 0 Å². The zero-order valence-electron chi connectivity index (χ0n) is 17.4. The molecule has 3 aromatic rings. The summed E-state index contributed by atoms with van der Waals surface area (Å²) < 4.78 is 24.6. The van der Waals surface area contributed by atoms with E-state index < -0.39 is 6.04 Å². The van der Waals surface area contributed by atoms with Crippen LogP contribution < -0.4 is 14.4 Å². The van der Waals surface area contributed by atoms with Gasteiger partial charge in [-0.05, 0) is 29.8 Å². The number of nitrogens with zero attached hydrogens (tertiary/aromatic N) is 1. The van der Waals surface area contributed by atoms with Crippen LogP contribution in [-0.2, 0) is 4.79 Å². The van der Waals surface area contributed by atoms with Gasteiger partial charge in [-0.2, -0.15) is 0 Å².